The quantitative estimate of drug-likeness (QED) is 0.115. The second-order valence-electron chi connectivity index (χ2n) is 6.58. The molecule has 9 heteroatoms. The summed E-state index contributed by atoms with van der Waals surface area (Å²) in [5.74, 6) is 0.975. The Bertz CT molecular complexity index is 736. The van der Waals surface area contributed by atoms with E-state index < -0.39 is 19.5 Å². The molecule has 166 valence electrons. The first kappa shape index (κ1) is 26.4. The van der Waals surface area contributed by atoms with Gasteiger partial charge in [0, 0.05) is 3.57 Å². The van der Waals surface area contributed by atoms with Gasteiger partial charge in [0.2, 0.25) is 0 Å². The molecule has 0 amide bonds. The Morgan fingerprint density at radius 1 is 0.759 bits per heavy atom. The minimum absolute atomic E-state index is 0.828. The second kappa shape index (κ2) is 10.6. The van der Waals surface area contributed by atoms with Gasteiger partial charge in [-0.15, -0.1) is 0 Å². The molecule has 0 bridgehead atoms. The molecule has 29 heavy (non-hydrogen) atoms. The molecule has 0 unspecified atom stereocenters. The summed E-state index contributed by atoms with van der Waals surface area (Å²) in [6.07, 6.45) is 7.80. The van der Waals surface area contributed by atoms with Crippen molar-refractivity contribution < 1.29 is 21.6 Å². The van der Waals surface area contributed by atoms with E-state index >= 15 is 0 Å². The number of hydrogen-bond acceptors (Lipinski definition) is 1. The van der Waals surface area contributed by atoms with Crippen molar-refractivity contribution in [2.24, 2.45) is 0 Å². The zero-order valence-electron chi connectivity index (χ0n) is 16.1. The number of rotatable bonds is 9. The van der Waals surface area contributed by atoms with Gasteiger partial charge in [0.1, 0.15) is 5.75 Å². The van der Waals surface area contributed by atoms with Crippen LogP contribution in [-0.2, 0) is 0 Å². The van der Waals surface area contributed by atoms with E-state index in [9.17, 15) is 16.9 Å². The van der Waals surface area contributed by atoms with E-state index in [1.807, 2.05) is 0 Å². The number of hydrogen-bond donors (Lipinski definition) is 0. The van der Waals surface area contributed by atoms with Crippen LogP contribution in [-0.4, -0.2) is 26.1 Å². The molecule has 0 aliphatic carbocycles. The minimum atomic E-state index is -11.2. The molecule has 0 aliphatic rings. The molecule has 0 saturated heterocycles. The summed E-state index contributed by atoms with van der Waals surface area (Å²) in [4.78, 5) is 0. The molecule has 0 aromatic heterocycles. The first-order valence-corrected chi connectivity index (χ1v) is 16.2. The van der Waals surface area contributed by atoms with E-state index in [0.717, 1.165) is 18.8 Å². The van der Waals surface area contributed by atoms with Crippen LogP contribution in [0.25, 0.3) is 11.1 Å². The van der Waals surface area contributed by atoms with E-state index in [-0.39, 0.29) is 0 Å². The Labute approximate surface area is 183 Å². The van der Waals surface area contributed by atoms with Crippen molar-refractivity contribution >= 4 is 42.1 Å². The first-order valence-electron chi connectivity index (χ1n) is 9.30. The van der Waals surface area contributed by atoms with Crippen molar-refractivity contribution in [1.29, 1.82) is 0 Å². The Hall–Kier alpha value is -0.632. The zero-order chi connectivity index (χ0) is 22.0. The average Bonchev–Trinajstić information content (AvgIpc) is 2.59. The normalized spacial score (nSPS) is 13.7. The third-order valence-corrected chi connectivity index (χ3v) is 4.75. The van der Waals surface area contributed by atoms with Crippen molar-refractivity contribution in [1.82, 2.24) is 0 Å². The molecule has 0 saturated carbocycles. The van der Waals surface area contributed by atoms with E-state index in [1.54, 1.807) is 0 Å². The summed E-state index contributed by atoms with van der Waals surface area (Å²) < 4.78 is 66.7. The molecule has 0 fully saturated rings. The van der Waals surface area contributed by atoms with Gasteiger partial charge in [0.25, 0.3) is 0 Å². The molecule has 0 aliphatic heterocycles. The van der Waals surface area contributed by atoms with Crippen LogP contribution in [0.4, 0.5) is 16.9 Å². The molecule has 0 radical (unpaired) electrons. The SMILES string of the molecule is CCCCCCCCOc1ccc(-c2ccccc2I)cc1.[F][Sb-]([F])([F])([F])([F])[F]. The van der Waals surface area contributed by atoms with E-state index in [0.29, 0.717) is 0 Å². The van der Waals surface area contributed by atoms with Gasteiger partial charge in [0.05, 0.1) is 6.61 Å². The van der Waals surface area contributed by atoms with Gasteiger partial charge < -0.3 is 4.74 Å². The molecular weight excluding hydrogens is 619 g/mol. The fourth-order valence-corrected chi connectivity index (χ4v) is 3.20. The first-order chi connectivity index (χ1) is 13.3. The van der Waals surface area contributed by atoms with Gasteiger partial charge in [-0.2, -0.15) is 0 Å². The fraction of sp³-hybridized carbons (Fsp3) is 0.400. The van der Waals surface area contributed by atoms with Crippen LogP contribution in [0.3, 0.4) is 0 Å². The molecule has 2 rings (SSSR count). The molecule has 2 aromatic carbocycles. The molecule has 0 heterocycles. The van der Waals surface area contributed by atoms with E-state index in [1.165, 1.54) is 46.8 Å². The predicted octanol–water partition coefficient (Wildman–Crippen LogP) is 8.84. The molecule has 0 spiro atoms. The van der Waals surface area contributed by atoms with Crippen molar-refractivity contribution in [2.45, 2.75) is 45.4 Å². The van der Waals surface area contributed by atoms with Crippen molar-refractivity contribution in [3.8, 4) is 16.9 Å². The van der Waals surface area contributed by atoms with Gasteiger partial charge >= 0.3 is 36.4 Å². The van der Waals surface area contributed by atoms with E-state index in [2.05, 4.69) is 78.0 Å². The maximum absolute atomic E-state index is 11.2. The number of ether oxygens (including phenoxy) is 1. The van der Waals surface area contributed by atoms with Crippen LogP contribution in [0.1, 0.15) is 45.4 Å². The Balaban J connectivity index is 0.000000516. The third kappa shape index (κ3) is 15.8. The summed E-state index contributed by atoms with van der Waals surface area (Å²) in [6, 6.07) is 16.9. The summed E-state index contributed by atoms with van der Waals surface area (Å²) in [5, 5.41) is 0. The maximum atomic E-state index is 9.93. The topological polar surface area (TPSA) is 9.23 Å². The number of unbranched alkanes of at least 4 members (excludes halogenated alkanes) is 5. The van der Waals surface area contributed by atoms with Crippen LogP contribution in [0, 0.1) is 3.57 Å². The van der Waals surface area contributed by atoms with Gasteiger partial charge in [0.15, 0.2) is 0 Å². The van der Waals surface area contributed by atoms with Crippen LogP contribution < -0.4 is 4.74 Å². The van der Waals surface area contributed by atoms with Crippen LogP contribution in [0.2, 0.25) is 0 Å². The molecule has 1 nitrogen and oxygen atoms in total. The van der Waals surface area contributed by atoms with Crippen LogP contribution in [0.5, 0.6) is 5.75 Å². The van der Waals surface area contributed by atoms with Gasteiger partial charge in [-0.3, -0.25) is 0 Å². The predicted molar refractivity (Wildman–Crippen MR) is 116 cm³/mol. The third-order valence-electron chi connectivity index (χ3n) is 3.81. The van der Waals surface area contributed by atoms with E-state index in [4.69, 9.17) is 4.74 Å². The average molecular weight is 644 g/mol. The van der Waals surface area contributed by atoms with Crippen molar-refractivity contribution in [3.05, 3.63) is 52.1 Å². The summed E-state index contributed by atoms with van der Waals surface area (Å²) in [7, 11) is 0. The van der Waals surface area contributed by atoms with Crippen molar-refractivity contribution in [3.63, 3.8) is 0 Å². The molecule has 0 atom stereocenters. The summed E-state index contributed by atoms with van der Waals surface area (Å²) in [6.45, 7) is 3.08. The van der Waals surface area contributed by atoms with Gasteiger partial charge in [-0.05, 0) is 58.3 Å². The number of halogens is 7. The fourth-order valence-electron chi connectivity index (χ4n) is 2.50. The molecular formula is C20H25F6IOSb-. The Morgan fingerprint density at radius 2 is 1.28 bits per heavy atom. The van der Waals surface area contributed by atoms with Crippen LogP contribution in [0.15, 0.2) is 48.5 Å². The Morgan fingerprint density at radius 3 is 1.83 bits per heavy atom. The standard InChI is InChI=1S/C20H25IO.6FH.Sb/c1-2-3-4-5-6-9-16-22-18-14-12-17(13-15-18)19-10-7-8-11-20(19)21;;;;;;;/h7-8,10-15H,2-6,9,16H2,1H3;6*1H;/q;;;;;;;+5/p-6. The van der Waals surface area contributed by atoms with Gasteiger partial charge in [-0.1, -0.05) is 69.4 Å². The summed E-state index contributed by atoms with van der Waals surface area (Å²) in [5.41, 5.74) is 2.53. The van der Waals surface area contributed by atoms with Crippen molar-refractivity contribution in [2.75, 3.05) is 6.61 Å². The zero-order valence-corrected chi connectivity index (χ0v) is 20.8. The number of benzene rings is 2. The molecule has 2 aromatic rings. The second-order valence-corrected chi connectivity index (χ2v) is 13.2. The monoisotopic (exact) mass is 643 g/mol. The molecule has 0 N–H and O–H groups in total. The van der Waals surface area contributed by atoms with Crippen LogP contribution >= 0.6 is 22.6 Å². The summed E-state index contributed by atoms with van der Waals surface area (Å²) >= 11 is -8.87. The van der Waals surface area contributed by atoms with Gasteiger partial charge in [-0.25, -0.2) is 0 Å². The Kier molecular flexibility index (Phi) is 9.65.